The predicted octanol–water partition coefficient (Wildman–Crippen LogP) is 1.69. The fourth-order valence-electron chi connectivity index (χ4n) is 2.69. The van der Waals surface area contributed by atoms with Gasteiger partial charge in [-0.2, -0.15) is 0 Å². The highest BCUT2D eigenvalue weighted by atomic mass is 16.2. The number of rotatable bonds is 3. The van der Waals surface area contributed by atoms with Gasteiger partial charge in [0.05, 0.1) is 18.2 Å². The molecule has 1 atom stereocenters. The van der Waals surface area contributed by atoms with Gasteiger partial charge in [0.2, 0.25) is 5.91 Å². The average molecular weight is 258 g/mol. The largest absolute Gasteiger partial charge is 0.303 e. The zero-order valence-corrected chi connectivity index (χ0v) is 11.3. The minimum atomic E-state index is -0.334. The van der Waals surface area contributed by atoms with E-state index in [-0.39, 0.29) is 24.3 Å². The first-order chi connectivity index (χ1) is 9.08. The summed E-state index contributed by atoms with van der Waals surface area (Å²) in [7, 11) is 0. The molecule has 0 spiro atoms. The lowest BCUT2D eigenvalue weighted by Gasteiger charge is -2.20. The summed E-state index contributed by atoms with van der Waals surface area (Å²) in [5, 5.41) is 3.26. The smallest absolute Gasteiger partial charge is 0.251 e. The maximum Gasteiger partial charge on any atom is 0.251 e. The van der Waals surface area contributed by atoms with Crippen molar-refractivity contribution >= 4 is 17.5 Å². The molecular formula is C15H18N2O2. The van der Waals surface area contributed by atoms with Crippen LogP contribution in [-0.4, -0.2) is 23.9 Å². The van der Waals surface area contributed by atoms with Crippen LogP contribution in [0.4, 0.5) is 5.69 Å². The van der Waals surface area contributed by atoms with Crippen LogP contribution in [0.3, 0.4) is 0 Å². The second kappa shape index (κ2) is 4.46. The summed E-state index contributed by atoms with van der Waals surface area (Å²) in [6, 6.07) is 5.91. The maximum atomic E-state index is 12.4. The zero-order chi connectivity index (χ0) is 13.6. The Kier molecular flexibility index (Phi) is 2.90. The van der Waals surface area contributed by atoms with Crippen LogP contribution < -0.4 is 10.2 Å². The van der Waals surface area contributed by atoms with Gasteiger partial charge in [-0.05, 0) is 37.8 Å². The molecule has 1 saturated heterocycles. The number of nitrogens with one attached hydrogen (secondary N) is 1. The van der Waals surface area contributed by atoms with Crippen LogP contribution in [0.15, 0.2) is 18.2 Å². The molecule has 1 saturated carbocycles. The molecular weight excluding hydrogens is 240 g/mol. The third-order valence-corrected chi connectivity index (χ3v) is 3.82. The molecule has 1 aliphatic heterocycles. The molecule has 3 rings (SSSR count). The van der Waals surface area contributed by atoms with Gasteiger partial charge in [0.1, 0.15) is 0 Å². The Balaban J connectivity index is 1.91. The predicted molar refractivity (Wildman–Crippen MR) is 73.0 cm³/mol. The molecule has 2 fully saturated rings. The number of benzene rings is 1. The first kappa shape index (κ1) is 12.4. The molecule has 2 aliphatic rings. The second-order valence-electron chi connectivity index (χ2n) is 5.51. The molecule has 4 heteroatoms. The normalized spacial score (nSPS) is 23.3. The Bertz CT molecular complexity index is 529. The molecule has 1 N–H and O–H groups in total. The van der Waals surface area contributed by atoms with E-state index in [1.807, 2.05) is 32.0 Å². The number of para-hydroxylation sites is 1. The van der Waals surface area contributed by atoms with E-state index in [9.17, 15) is 9.59 Å². The highest BCUT2D eigenvalue weighted by Crippen LogP contribution is 2.30. The number of aryl methyl sites for hydroxylation is 2. The molecule has 4 nitrogen and oxygen atoms in total. The first-order valence-corrected chi connectivity index (χ1v) is 6.77. The van der Waals surface area contributed by atoms with Crippen LogP contribution in [0.1, 0.15) is 30.4 Å². The van der Waals surface area contributed by atoms with Crippen LogP contribution in [0.2, 0.25) is 0 Å². The maximum absolute atomic E-state index is 12.4. The Morgan fingerprint density at radius 2 is 1.79 bits per heavy atom. The number of hydrogen-bond acceptors (Lipinski definition) is 3. The van der Waals surface area contributed by atoms with E-state index >= 15 is 0 Å². The van der Waals surface area contributed by atoms with Crippen LogP contribution in [0.25, 0.3) is 0 Å². The average Bonchev–Trinajstić information content (AvgIpc) is 3.11. The molecule has 1 aromatic rings. The van der Waals surface area contributed by atoms with Crippen molar-refractivity contribution in [2.45, 2.75) is 45.2 Å². The number of hydrogen-bond donors (Lipinski definition) is 1. The molecule has 1 unspecified atom stereocenters. The monoisotopic (exact) mass is 258 g/mol. The standard InChI is InChI=1S/C15H18N2O2/c1-9-4-3-5-10(2)14(9)17-13(18)8-12(15(17)19)16-11-6-7-11/h3-5,11-12,16H,6-8H2,1-2H3. The van der Waals surface area contributed by atoms with E-state index < -0.39 is 0 Å². The molecule has 100 valence electrons. The quantitative estimate of drug-likeness (QED) is 0.839. The van der Waals surface area contributed by atoms with Crippen molar-refractivity contribution in [2.75, 3.05) is 4.90 Å². The molecule has 1 heterocycles. The van der Waals surface area contributed by atoms with Gasteiger partial charge in [0.25, 0.3) is 5.91 Å². The first-order valence-electron chi connectivity index (χ1n) is 6.77. The number of carbonyl (C=O) groups is 2. The summed E-state index contributed by atoms with van der Waals surface area (Å²) in [6.45, 7) is 3.87. The van der Waals surface area contributed by atoms with Crippen molar-refractivity contribution in [3.63, 3.8) is 0 Å². The van der Waals surface area contributed by atoms with E-state index in [0.29, 0.717) is 6.04 Å². The fourth-order valence-corrected chi connectivity index (χ4v) is 2.69. The summed E-state index contributed by atoms with van der Waals surface area (Å²) in [6.07, 6.45) is 2.51. The molecule has 1 aliphatic carbocycles. The molecule has 0 radical (unpaired) electrons. The van der Waals surface area contributed by atoms with Crippen LogP contribution in [-0.2, 0) is 9.59 Å². The summed E-state index contributed by atoms with van der Waals surface area (Å²) in [5.41, 5.74) is 2.69. The summed E-state index contributed by atoms with van der Waals surface area (Å²) >= 11 is 0. The molecule has 19 heavy (non-hydrogen) atoms. The van der Waals surface area contributed by atoms with Gasteiger partial charge in [-0.15, -0.1) is 0 Å². The Morgan fingerprint density at radius 3 is 2.37 bits per heavy atom. The number of anilines is 1. The fraction of sp³-hybridized carbons (Fsp3) is 0.467. The molecule has 0 bridgehead atoms. The van der Waals surface area contributed by atoms with Crippen LogP contribution in [0, 0.1) is 13.8 Å². The van der Waals surface area contributed by atoms with Crippen molar-refractivity contribution in [2.24, 2.45) is 0 Å². The van der Waals surface area contributed by atoms with Gasteiger partial charge in [-0.25, -0.2) is 4.90 Å². The highest BCUT2D eigenvalue weighted by molar-refractivity contribution is 6.23. The summed E-state index contributed by atoms with van der Waals surface area (Å²) < 4.78 is 0. The third kappa shape index (κ3) is 2.16. The minimum absolute atomic E-state index is 0.0967. The minimum Gasteiger partial charge on any atom is -0.303 e. The number of carbonyl (C=O) groups excluding carboxylic acids is 2. The Labute approximate surface area is 112 Å². The molecule has 0 aromatic heterocycles. The SMILES string of the molecule is Cc1cccc(C)c1N1C(=O)CC(NC2CC2)C1=O. The second-order valence-corrected chi connectivity index (χ2v) is 5.51. The Morgan fingerprint density at radius 1 is 1.16 bits per heavy atom. The number of amides is 2. The van der Waals surface area contributed by atoms with Gasteiger partial charge in [-0.3, -0.25) is 9.59 Å². The van der Waals surface area contributed by atoms with Crippen molar-refractivity contribution in [3.05, 3.63) is 29.3 Å². The Hall–Kier alpha value is -1.68. The van der Waals surface area contributed by atoms with Gasteiger partial charge >= 0.3 is 0 Å². The lowest BCUT2D eigenvalue weighted by atomic mass is 10.1. The molecule has 1 aromatic carbocycles. The van der Waals surface area contributed by atoms with E-state index in [1.165, 1.54) is 4.90 Å². The van der Waals surface area contributed by atoms with Gasteiger partial charge in [-0.1, -0.05) is 18.2 Å². The third-order valence-electron chi connectivity index (χ3n) is 3.82. The van der Waals surface area contributed by atoms with E-state index in [1.54, 1.807) is 0 Å². The van der Waals surface area contributed by atoms with E-state index in [2.05, 4.69) is 5.32 Å². The van der Waals surface area contributed by atoms with Gasteiger partial charge in [0, 0.05) is 6.04 Å². The molecule has 2 amide bonds. The van der Waals surface area contributed by atoms with Crippen molar-refractivity contribution in [1.29, 1.82) is 0 Å². The summed E-state index contributed by atoms with van der Waals surface area (Å²) in [5.74, 6) is -0.199. The van der Waals surface area contributed by atoms with Crippen LogP contribution >= 0.6 is 0 Å². The van der Waals surface area contributed by atoms with Crippen LogP contribution in [0.5, 0.6) is 0 Å². The summed E-state index contributed by atoms with van der Waals surface area (Å²) in [4.78, 5) is 26.0. The lowest BCUT2D eigenvalue weighted by molar-refractivity contribution is -0.121. The van der Waals surface area contributed by atoms with Crippen molar-refractivity contribution in [1.82, 2.24) is 5.32 Å². The number of nitrogens with zero attached hydrogens (tertiary/aromatic N) is 1. The van der Waals surface area contributed by atoms with Gasteiger partial charge in [0.15, 0.2) is 0 Å². The van der Waals surface area contributed by atoms with E-state index in [0.717, 1.165) is 29.7 Å². The number of imide groups is 1. The van der Waals surface area contributed by atoms with Crippen molar-refractivity contribution in [3.8, 4) is 0 Å². The van der Waals surface area contributed by atoms with Gasteiger partial charge < -0.3 is 5.32 Å². The topological polar surface area (TPSA) is 49.4 Å². The zero-order valence-electron chi connectivity index (χ0n) is 11.3. The van der Waals surface area contributed by atoms with E-state index in [4.69, 9.17) is 0 Å². The van der Waals surface area contributed by atoms with Crippen molar-refractivity contribution < 1.29 is 9.59 Å². The lowest BCUT2D eigenvalue weighted by Crippen LogP contribution is -2.40. The highest BCUT2D eigenvalue weighted by Gasteiger charge is 2.42.